The van der Waals surface area contributed by atoms with Crippen molar-refractivity contribution in [2.45, 2.75) is 32.6 Å². The lowest BCUT2D eigenvalue weighted by Gasteiger charge is -2.39. The van der Waals surface area contributed by atoms with E-state index in [1.807, 2.05) is 42.5 Å². The quantitative estimate of drug-likeness (QED) is 0.791. The van der Waals surface area contributed by atoms with Crippen molar-refractivity contribution < 1.29 is 19.1 Å². The van der Waals surface area contributed by atoms with Crippen molar-refractivity contribution in [2.24, 2.45) is 5.41 Å². The Morgan fingerprint density at radius 3 is 2.39 bits per heavy atom. The van der Waals surface area contributed by atoms with Gasteiger partial charge in [0.15, 0.2) is 11.6 Å². The number of carbonyl (C=O) groups excluding carboxylic acids is 2. The fourth-order valence-corrected chi connectivity index (χ4v) is 5.16. The molecule has 0 radical (unpaired) electrons. The summed E-state index contributed by atoms with van der Waals surface area (Å²) in [5, 5.41) is 3.50. The molecule has 0 fully saturated rings. The molecule has 2 aliphatic carbocycles. The highest BCUT2D eigenvalue weighted by atomic mass is 16.5. The highest BCUT2D eigenvalue weighted by molar-refractivity contribution is 6.23. The van der Waals surface area contributed by atoms with Crippen LogP contribution in [0.2, 0.25) is 0 Å². The topological polar surface area (TPSA) is 64.6 Å². The molecule has 158 valence electrons. The highest BCUT2D eigenvalue weighted by Gasteiger charge is 2.47. The maximum absolute atomic E-state index is 13.5. The van der Waals surface area contributed by atoms with Crippen LogP contribution in [0.4, 0.5) is 0 Å². The minimum Gasteiger partial charge on any atom is -0.497 e. The Morgan fingerprint density at radius 1 is 0.935 bits per heavy atom. The maximum atomic E-state index is 13.5. The summed E-state index contributed by atoms with van der Waals surface area (Å²) >= 11 is 0. The molecule has 5 rings (SSSR count). The van der Waals surface area contributed by atoms with Gasteiger partial charge in [0.05, 0.1) is 19.9 Å². The van der Waals surface area contributed by atoms with Crippen molar-refractivity contribution in [1.29, 1.82) is 0 Å². The largest absolute Gasteiger partial charge is 0.497 e. The van der Waals surface area contributed by atoms with Crippen molar-refractivity contribution in [3.05, 3.63) is 76.0 Å². The van der Waals surface area contributed by atoms with Crippen LogP contribution in [0.15, 0.2) is 59.3 Å². The Hall–Kier alpha value is -3.34. The van der Waals surface area contributed by atoms with Crippen LogP contribution < -0.4 is 14.8 Å². The monoisotopic (exact) mass is 415 g/mol. The van der Waals surface area contributed by atoms with Crippen molar-refractivity contribution in [3.8, 4) is 11.5 Å². The zero-order chi connectivity index (χ0) is 21.9. The van der Waals surface area contributed by atoms with Crippen LogP contribution in [0.25, 0.3) is 5.70 Å². The molecule has 31 heavy (non-hydrogen) atoms. The van der Waals surface area contributed by atoms with Crippen molar-refractivity contribution >= 4 is 17.3 Å². The van der Waals surface area contributed by atoms with E-state index in [2.05, 4.69) is 19.2 Å². The van der Waals surface area contributed by atoms with Gasteiger partial charge >= 0.3 is 0 Å². The Labute approximate surface area is 181 Å². The van der Waals surface area contributed by atoms with Crippen LogP contribution in [0.1, 0.15) is 54.1 Å². The molecule has 3 aliphatic rings. The normalized spacial score (nSPS) is 21.4. The van der Waals surface area contributed by atoms with E-state index in [0.29, 0.717) is 34.6 Å². The van der Waals surface area contributed by atoms with E-state index in [9.17, 15) is 9.59 Å². The fourth-order valence-electron chi connectivity index (χ4n) is 5.16. The lowest BCUT2D eigenvalue weighted by Crippen LogP contribution is -2.37. The summed E-state index contributed by atoms with van der Waals surface area (Å²) in [6.07, 6.45) is 1.20. The van der Waals surface area contributed by atoms with Gasteiger partial charge in [-0.15, -0.1) is 0 Å². The average molecular weight is 415 g/mol. The zero-order valence-corrected chi connectivity index (χ0v) is 18.2. The third-order valence-corrected chi connectivity index (χ3v) is 6.48. The molecular weight excluding hydrogens is 390 g/mol. The van der Waals surface area contributed by atoms with E-state index in [1.54, 1.807) is 14.2 Å². The standard InChI is InChI=1S/C26H25NO4/c1-26(2)12-18-22(19(28)13-26)21(17-10-9-14(30-3)11-20(17)31-4)23-24(27-18)15-7-5-6-8-16(15)25(23)29/h5-11,21,27H,12-13H2,1-4H3/t21-/m1/s1. The predicted molar refractivity (Wildman–Crippen MR) is 118 cm³/mol. The number of rotatable bonds is 3. The van der Waals surface area contributed by atoms with E-state index in [0.717, 1.165) is 28.9 Å². The van der Waals surface area contributed by atoms with E-state index in [4.69, 9.17) is 9.47 Å². The number of ketones is 2. The molecule has 1 heterocycles. The third kappa shape index (κ3) is 2.91. The second kappa shape index (κ2) is 6.84. The van der Waals surface area contributed by atoms with Crippen molar-refractivity contribution in [3.63, 3.8) is 0 Å². The van der Waals surface area contributed by atoms with Gasteiger partial charge in [0.2, 0.25) is 0 Å². The highest BCUT2D eigenvalue weighted by Crippen LogP contribution is 2.52. The number of allylic oxidation sites excluding steroid dienone is 3. The van der Waals surface area contributed by atoms with Gasteiger partial charge in [0, 0.05) is 51.9 Å². The van der Waals surface area contributed by atoms with Crippen molar-refractivity contribution in [1.82, 2.24) is 5.32 Å². The number of ether oxygens (including phenoxy) is 2. The van der Waals surface area contributed by atoms with Gasteiger partial charge in [-0.3, -0.25) is 9.59 Å². The third-order valence-electron chi connectivity index (χ3n) is 6.48. The number of Topliss-reactive ketones (excluding diaryl/α,β-unsaturated/α-hetero) is 2. The molecule has 5 heteroatoms. The SMILES string of the molecule is COc1ccc([C@@H]2C3=C(CC(C)(C)CC3=O)NC3=C2C(=O)c2ccccc23)c(OC)c1. The molecule has 1 aliphatic heterocycles. The molecule has 0 saturated carbocycles. The first-order chi connectivity index (χ1) is 14.8. The van der Waals surface area contributed by atoms with Gasteiger partial charge in [-0.05, 0) is 17.9 Å². The summed E-state index contributed by atoms with van der Waals surface area (Å²) < 4.78 is 11.1. The van der Waals surface area contributed by atoms with E-state index in [1.165, 1.54) is 0 Å². The summed E-state index contributed by atoms with van der Waals surface area (Å²) in [6.45, 7) is 4.22. The van der Waals surface area contributed by atoms with Gasteiger partial charge < -0.3 is 14.8 Å². The predicted octanol–water partition coefficient (Wildman–Crippen LogP) is 4.64. The summed E-state index contributed by atoms with van der Waals surface area (Å²) in [5.41, 5.74) is 5.25. The molecule has 1 N–H and O–H groups in total. The number of hydrogen-bond acceptors (Lipinski definition) is 5. The van der Waals surface area contributed by atoms with Gasteiger partial charge in [-0.2, -0.15) is 0 Å². The zero-order valence-electron chi connectivity index (χ0n) is 18.2. The van der Waals surface area contributed by atoms with Gasteiger partial charge in [-0.1, -0.05) is 44.2 Å². The molecular formula is C26H25NO4. The van der Waals surface area contributed by atoms with Crippen LogP contribution >= 0.6 is 0 Å². The van der Waals surface area contributed by atoms with Crippen LogP contribution in [0.3, 0.4) is 0 Å². The number of dihydropyridines is 1. The number of methoxy groups -OCH3 is 2. The Morgan fingerprint density at radius 2 is 1.68 bits per heavy atom. The molecule has 0 spiro atoms. The minimum absolute atomic E-state index is 0.0369. The van der Waals surface area contributed by atoms with Crippen LogP contribution in [-0.4, -0.2) is 25.8 Å². The number of nitrogens with one attached hydrogen (secondary N) is 1. The van der Waals surface area contributed by atoms with E-state index >= 15 is 0 Å². The van der Waals surface area contributed by atoms with Gasteiger partial charge in [0.1, 0.15) is 11.5 Å². The molecule has 0 amide bonds. The van der Waals surface area contributed by atoms with Crippen molar-refractivity contribution in [2.75, 3.05) is 14.2 Å². The smallest absolute Gasteiger partial charge is 0.192 e. The Kier molecular flexibility index (Phi) is 4.33. The summed E-state index contributed by atoms with van der Waals surface area (Å²) in [7, 11) is 3.20. The first-order valence-corrected chi connectivity index (χ1v) is 10.5. The molecule has 0 saturated heterocycles. The summed E-state index contributed by atoms with van der Waals surface area (Å²) in [4.78, 5) is 27.0. The Balaban J connectivity index is 1.77. The first-order valence-electron chi connectivity index (χ1n) is 10.5. The van der Waals surface area contributed by atoms with Gasteiger partial charge in [-0.25, -0.2) is 0 Å². The number of carbonyl (C=O) groups is 2. The van der Waals surface area contributed by atoms with E-state index < -0.39 is 5.92 Å². The summed E-state index contributed by atoms with van der Waals surface area (Å²) in [6, 6.07) is 13.2. The average Bonchev–Trinajstić information content (AvgIpc) is 3.03. The second-order valence-electron chi connectivity index (χ2n) is 9.16. The molecule has 0 bridgehead atoms. The number of benzene rings is 2. The molecule has 1 atom stereocenters. The fraction of sp³-hybridized carbons (Fsp3) is 0.308. The first kappa shape index (κ1) is 19.6. The van der Waals surface area contributed by atoms with Gasteiger partial charge in [0.25, 0.3) is 0 Å². The minimum atomic E-state index is -0.476. The maximum Gasteiger partial charge on any atom is 0.192 e. The van der Waals surface area contributed by atoms with Crippen LogP contribution in [0, 0.1) is 5.41 Å². The van der Waals surface area contributed by atoms with Crippen LogP contribution in [-0.2, 0) is 4.79 Å². The molecule has 0 unspecified atom stereocenters. The molecule has 5 nitrogen and oxygen atoms in total. The lowest BCUT2D eigenvalue weighted by atomic mass is 9.68. The van der Waals surface area contributed by atoms with E-state index in [-0.39, 0.29) is 17.0 Å². The lowest BCUT2D eigenvalue weighted by molar-refractivity contribution is -0.118. The Bertz CT molecular complexity index is 1200. The molecule has 2 aromatic carbocycles. The molecule has 0 aromatic heterocycles. The summed E-state index contributed by atoms with van der Waals surface area (Å²) in [5.74, 6) is 0.833. The number of hydrogen-bond donors (Lipinski definition) is 1. The number of fused-ring (bicyclic) bond motifs is 2. The second-order valence-corrected chi connectivity index (χ2v) is 9.16. The van der Waals surface area contributed by atoms with Crippen LogP contribution in [0.5, 0.6) is 11.5 Å². The molecule has 2 aromatic rings.